The lowest BCUT2D eigenvalue weighted by Gasteiger charge is -2.26. The van der Waals surface area contributed by atoms with E-state index < -0.39 is 0 Å². The third-order valence-electron chi connectivity index (χ3n) is 4.05. The second-order valence-electron chi connectivity index (χ2n) is 5.72. The Balaban J connectivity index is 1.54. The number of fused-ring (bicyclic) bond motifs is 1. The van der Waals surface area contributed by atoms with E-state index in [-0.39, 0.29) is 17.6 Å². The van der Waals surface area contributed by atoms with Crippen molar-refractivity contribution in [2.45, 2.75) is 25.7 Å². The van der Waals surface area contributed by atoms with Crippen molar-refractivity contribution in [3.63, 3.8) is 0 Å². The molecule has 0 spiro atoms. The molecule has 0 bridgehead atoms. The molecule has 0 aliphatic carbocycles. The minimum atomic E-state index is -0.292. The summed E-state index contributed by atoms with van der Waals surface area (Å²) in [5.41, 5.74) is 0.655. The fourth-order valence-corrected chi connectivity index (χ4v) is 3.27. The first-order valence-electron chi connectivity index (χ1n) is 7.89. The van der Waals surface area contributed by atoms with Crippen molar-refractivity contribution in [3.8, 4) is 0 Å². The summed E-state index contributed by atoms with van der Waals surface area (Å²) in [4.78, 5) is 26.1. The molecule has 1 aromatic heterocycles. The first kappa shape index (κ1) is 16.1. The van der Waals surface area contributed by atoms with E-state index in [9.17, 15) is 9.59 Å². The highest BCUT2D eigenvalue weighted by Gasteiger charge is 2.17. The van der Waals surface area contributed by atoms with Gasteiger partial charge >= 0.3 is 0 Å². The van der Waals surface area contributed by atoms with Gasteiger partial charge in [0.2, 0.25) is 5.91 Å². The van der Waals surface area contributed by atoms with E-state index in [1.54, 1.807) is 6.07 Å². The topological polar surface area (TPSA) is 62.6 Å². The van der Waals surface area contributed by atoms with E-state index in [0.29, 0.717) is 18.5 Å². The number of carbonyl (C=O) groups is 2. The number of rotatable bonds is 4. The minimum Gasteiger partial charge on any atom is -0.450 e. The molecular formula is C17H19BrN2O3. The van der Waals surface area contributed by atoms with Crippen LogP contribution in [0.1, 0.15) is 36.2 Å². The predicted octanol–water partition coefficient (Wildman–Crippen LogP) is 3.33. The number of amides is 2. The second-order valence-corrected chi connectivity index (χ2v) is 6.57. The van der Waals surface area contributed by atoms with Crippen LogP contribution in [-0.2, 0) is 4.79 Å². The molecular weight excluding hydrogens is 360 g/mol. The van der Waals surface area contributed by atoms with Crippen LogP contribution in [-0.4, -0.2) is 36.3 Å². The molecule has 1 saturated heterocycles. The zero-order chi connectivity index (χ0) is 16.2. The van der Waals surface area contributed by atoms with Crippen LogP contribution in [0.25, 0.3) is 11.0 Å². The molecule has 1 aromatic carbocycles. The summed E-state index contributed by atoms with van der Waals surface area (Å²) in [6.07, 6.45) is 3.68. The molecule has 0 atom stereocenters. The van der Waals surface area contributed by atoms with Crippen LogP contribution in [0.4, 0.5) is 0 Å². The monoisotopic (exact) mass is 378 g/mol. The molecule has 1 fully saturated rings. The molecule has 5 nitrogen and oxygen atoms in total. The van der Waals surface area contributed by atoms with E-state index in [4.69, 9.17) is 4.42 Å². The molecule has 0 saturated carbocycles. The van der Waals surface area contributed by atoms with Crippen LogP contribution < -0.4 is 5.32 Å². The number of nitrogens with zero attached hydrogens (tertiary/aromatic N) is 1. The van der Waals surface area contributed by atoms with Crippen LogP contribution in [0.15, 0.2) is 33.2 Å². The Morgan fingerprint density at radius 1 is 1.22 bits per heavy atom. The smallest absolute Gasteiger partial charge is 0.287 e. The number of nitrogens with one attached hydrogen (secondary N) is 1. The molecule has 3 rings (SSSR count). The number of carbonyl (C=O) groups excluding carboxylic acids is 2. The van der Waals surface area contributed by atoms with Gasteiger partial charge in [0.05, 0.1) is 4.47 Å². The molecule has 2 amide bonds. The molecule has 1 N–H and O–H groups in total. The second kappa shape index (κ2) is 7.17. The first-order chi connectivity index (χ1) is 11.1. The number of piperidine rings is 1. The van der Waals surface area contributed by atoms with Gasteiger partial charge in [0.25, 0.3) is 5.91 Å². The number of furan rings is 1. The quantitative estimate of drug-likeness (QED) is 0.887. The summed E-state index contributed by atoms with van der Waals surface area (Å²) in [7, 11) is 0. The maximum atomic E-state index is 12.1. The SMILES string of the molecule is O=C(NCCC(=O)N1CCCCC1)c1cc2cccc(Br)c2o1. The fraction of sp³-hybridized carbons (Fsp3) is 0.412. The molecule has 1 aliphatic heterocycles. The van der Waals surface area contributed by atoms with Gasteiger partial charge in [-0.15, -0.1) is 0 Å². The van der Waals surface area contributed by atoms with E-state index in [1.165, 1.54) is 6.42 Å². The van der Waals surface area contributed by atoms with Crippen molar-refractivity contribution < 1.29 is 14.0 Å². The summed E-state index contributed by atoms with van der Waals surface area (Å²) < 4.78 is 6.39. The van der Waals surface area contributed by atoms with Crippen LogP contribution >= 0.6 is 15.9 Å². The summed E-state index contributed by atoms with van der Waals surface area (Å²) in [5, 5.41) is 3.62. The van der Waals surface area contributed by atoms with Crippen molar-refractivity contribution in [2.75, 3.05) is 19.6 Å². The highest BCUT2D eigenvalue weighted by atomic mass is 79.9. The van der Waals surface area contributed by atoms with Crippen molar-refractivity contribution in [1.82, 2.24) is 10.2 Å². The van der Waals surface area contributed by atoms with Crippen molar-refractivity contribution in [3.05, 3.63) is 34.5 Å². The van der Waals surface area contributed by atoms with Crippen molar-refractivity contribution in [2.24, 2.45) is 0 Å². The number of hydrogen-bond donors (Lipinski definition) is 1. The summed E-state index contributed by atoms with van der Waals surface area (Å²) in [6.45, 7) is 2.00. The number of hydrogen-bond acceptors (Lipinski definition) is 3. The van der Waals surface area contributed by atoms with E-state index >= 15 is 0 Å². The molecule has 122 valence electrons. The van der Waals surface area contributed by atoms with Gasteiger partial charge in [-0.2, -0.15) is 0 Å². The van der Waals surface area contributed by atoms with Gasteiger partial charge in [0, 0.05) is 31.4 Å². The molecule has 2 aromatic rings. The number of halogens is 1. The average Bonchev–Trinajstić information content (AvgIpc) is 3.01. The maximum Gasteiger partial charge on any atom is 0.287 e. The van der Waals surface area contributed by atoms with Gasteiger partial charge in [0.1, 0.15) is 5.58 Å². The van der Waals surface area contributed by atoms with Gasteiger partial charge < -0.3 is 14.6 Å². The van der Waals surface area contributed by atoms with Gasteiger partial charge in [0.15, 0.2) is 5.76 Å². The first-order valence-corrected chi connectivity index (χ1v) is 8.68. The minimum absolute atomic E-state index is 0.109. The molecule has 0 unspecified atom stereocenters. The summed E-state index contributed by atoms with van der Waals surface area (Å²) in [5.74, 6) is 0.0780. The maximum absolute atomic E-state index is 12.1. The third kappa shape index (κ3) is 3.75. The molecule has 2 heterocycles. The fourth-order valence-electron chi connectivity index (χ4n) is 2.81. The van der Waals surface area contributed by atoms with Crippen LogP contribution in [0.5, 0.6) is 0 Å². The molecule has 0 radical (unpaired) electrons. The molecule has 6 heteroatoms. The Kier molecular flexibility index (Phi) is 5.00. The van der Waals surface area contributed by atoms with Crippen LogP contribution in [0.3, 0.4) is 0 Å². The van der Waals surface area contributed by atoms with Crippen molar-refractivity contribution in [1.29, 1.82) is 0 Å². The highest BCUT2D eigenvalue weighted by molar-refractivity contribution is 9.10. The Labute approximate surface area is 143 Å². The Hall–Kier alpha value is -1.82. The summed E-state index contributed by atoms with van der Waals surface area (Å²) in [6, 6.07) is 7.36. The number of benzene rings is 1. The standard InChI is InChI=1S/C17H19BrN2O3/c18-13-6-4-5-12-11-14(23-16(12)13)17(22)19-8-7-15(21)20-9-2-1-3-10-20/h4-6,11H,1-3,7-10H2,(H,19,22). The van der Waals surface area contributed by atoms with Gasteiger partial charge in [-0.1, -0.05) is 12.1 Å². The lowest BCUT2D eigenvalue weighted by molar-refractivity contribution is -0.131. The van der Waals surface area contributed by atoms with E-state index in [1.807, 2.05) is 23.1 Å². The Bertz CT molecular complexity index is 720. The van der Waals surface area contributed by atoms with Gasteiger partial charge in [-0.25, -0.2) is 0 Å². The predicted molar refractivity (Wildman–Crippen MR) is 91.3 cm³/mol. The van der Waals surface area contributed by atoms with Gasteiger partial charge in [-0.05, 0) is 47.3 Å². The molecule has 1 aliphatic rings. The van der Waals surface area contributed by atoms with Crippen LogP contribution in [0.2, 0.25) is 0 Å². The largest absolute Gasteiger partial charge is 0.450 e. The summed E-state index contributed by atoms with van der Waals surface area (Å²) >= 11 is 3.40. The Morgan fingerprint density at radius 2 is 2.00 bits per heavy atom. The lowest BCUT2D eigenvalue weighted by atomic mass is 10.1. The van der Waals surface area contributed by atoms with Gasteiger partial charge in [-0.3, -0.25) is 9.59 Å². The number of para-hydroxylation sites is 1. The third-order valence-corrected chi connectivity index (χ3v) is 4.68. The Morgan fingerprint density at radius 3 is 2.74 bits per heavy atom. The lowest BCUT2D eigenvalue weighted by Crippen LogP contribution is -2.37. The molecule has 23 heavy (non-hydrogen) atoms. The van der Waals surface area contributed by atoms with Crippen LogP contribution in [0, 0.1) is 0 Å². The van der Waals surface area contributed by atoms with Crippen molar-refractivity contribution >= 4 is 38.7 Å². The van der Waals surface area contributed by atoms with E-state index in [2.05, 4.69) is 21.2 Å². The zero-order valence-electron chi connectivity index (χ0n) is 12.8. The number of likely N-dealkylation sites (tertiary alicyclic amines) is 1. The average molecular weight is 379 g/mol. The van der Waals surface area contributed by atoms with E-state index in [0.717, 1.165) is 35.8 Å². The normalized spacial score (nSPS) is 14.9. The zero-order valence-corrected chi connectivity index (χ0v) is 14.4. The highest BCUT2D eigenvalue weighted by Crippen LogP contribution is 2.26.